The standard InChI is InChI=1S/C20H30ClN3O6S/c21-15-1-4-17(5-2-15)31(27,28)23-18-6-3-16(30-19(18)14-25)7-8-22-20(26)13-24-9-11-29-12-10-24/h1-2,4-5,16,18-19,23,25H,3,6-14H2,(H,22,26)/t16-,18-,19+/m0/s1. The fourth-order valence-electron chi connectivity index (χ4n) is 3.75. The number of sulfonamides is 1. The number of ether oxygens (including phenoxy) is 2. The Balaban J connectivity index is 1.43. The van der Waals surface area contributed by atoms with Crippen LogP contribution in [0.4, 0.5) is 0 Å². The van der Waals surface area contributed by atoms with Gasteiger partial charge in [-0.25, -0.2) is 13.1 Å². The number of carbonyl (C=O) groups is 1. The number of morpholine rings is 1. The zero-order valence-corrected chi connectivity index (χ0v) is 18.9. The Kier molecular flexibility index (Phi) is 9.08. The van der Waals surface area contributed by atoms with Crippen LogP contribution in [0.3, 0.4) is 0 Å². The summed E-state index contributed by atoms with van der Waals surface area (Å²) >= 11 is 5.82. The summed E-state index contributed by atoms with van der Waals surface area (Å²) in [6, 6.07) is 5.37. The van der Waals surface area contributed by atoms with Gasteiger partial charge < -0.3 is 19.9 Å². The Hall–Kier alpha value is -1.27. The van der Waals surface area contributed by atoms with Crippen LogP contribution in [0.1, 0.15) is 19.3 Å². The van der Waals surface area contributed by atoms with E-state index < -0.39 is 22.2 Å². The van der Waals surface area contributed by atoms with Crippen LogP contribution in [0, 0.1) is 0 Å². The topological polar surface area (TPSA) is 117 Å². The lowest BCUT2D eigenvalue weighted by molar-refractivity contribution is -0.123. The minimum absolute atomic E-state index is 0.0370. The third-order valence-electron chi connectivity index (χ3n) is 5.49. The van der Waals surface area contributed by atoms with Gasteiger partial charge >= 0.3 is 0 Å². The van der Waals surface area contributed by atoms with Gasteiger partial charge in [-0.1, -0.05) is 11.6 Å². The molecule has 0 radical (unpaired) electrons. The van der Waals surface area contributed by atoms with E-state index in [-0.39, 0.29) is 23.5 Å². The number of benzene rings is 1. The summed E-state index contributed by atoms with van der Waals surface area (Å²) in [5, 5.41) is 13.1. The zero-order chi connectivity index (χ0) is 22.3. The molecule has 1 amide bonds. The molecular formula is C20H30ClN3O6S. The van der Waals surface area contributed by atoms with Crippen LogP contribution < -0.4 is 10.0 Å². The van der Waals surface area contributed by atoms with E-state index in [1.54, 1.807) is 0 Å². The zero-order valence-electron chi connectivity index (χ0n) is 17.3. The van der Waals surface area contributed by atoms with Gasteiger partial charge in [0.25, 0.3) is 0 Å². The molecule has 31 heavy (non-hydrogen) atoms. The first-order valence-electron chi connectivity index (χ1n) is 10.5. The Bertz CT molecular complexity index is 817. The van der Waals surface area contributed by atoms with E-state index in [2.05, 4.69) is 14.9 Å². The molecule has 0 aliphatic carbocycles. The van der Waals surface area contributed by atoms with Crippen molar-refractivity contribution in [2.45, 2.75) is 42.4 Å². The van der Waals surface area contributed by atoms with E-state index >= 15 is 0 Å². The first kappa shape index (κ1) is 24.4. The Morgan fingerprint density at radius 1 is 1.19 bits per heavy atom. The highest BCUT2D eigenvalue weighted by Gasteiger charge is 2.33. The molecule has 0 unspecified atom stereocenters. The van der Waals surface area contributed by atoms with Crippen LogP contribution >= 0.6 is 11.6 Å². The molecule has 2 aliphatic heterocycles. The Morgan fingerprint density at radius 2 is 1.90 bits per heavy atom. The van der Waals surface area contributed by atoms with Crippen molar-refractivity contribution in [2.24, 2.45) is 0 Å². The Labute approximate surface area is 188 Å². The number of rotatable bonds is 9. The summed E-state index contributed by atoms with van der Waals surface area (Å²) in [5.74, 6) is -0.0370. The van der Waals surface area contributed by atoms with Crippen molar-refractivity contribution in [1.82, 2.24) is 14.9 Å². The fourth-order valence-corrected chi connectivity index (χ4v) is 5.18. The third kappa shape index (κ3) is 7.38. The van der Waals surface area contributed by atoms with Crippen molar-refractivity contribution in [2.75, 3.05) is 46.0 Å². The molecule has 2 heterocycles. The van der Waals surface area contributed by atoms with Crippen molar-refractivity contribution < 1.29 is 27.8 Å². The summed E-state index contributed by atoms with van der Waals surface area (Å²) in [6.45, 7) is 3.32. The molecule has 0 spiro atoms. The summed E-state index contributed by atoms with van der Waals surface area (Å²) in [5.41, 5.74) is 0. The van der Waals surface area contributed by atoms with Crippen molar-refractivity contribution in [3.63, 3.8) is 0 Å². The molecule has 0 aromatic heterocycles. The molecule has 1 aromatic rings. The first-order valence-corrected chi connectivity index (χ1v) is 12.3. The highest BCUT2D eigenvalue weighted by atomic mass is 35.5. The van der Waals surface area contributed by atoms with Gasteiger partial charge in [0, 0.05) is 24.7 Å². The van der Waals surface area contributed by atoms with Crippen molar-refractivity contribution in [3.05, 3.63) is 29.3 Å². The molecule has 2 saturated heterocycles. The van der Waals surface area contributed by atoms with Gasteiger partial charge in [0.2, 0.25) is 15.9 Å². The molecule has 3 atom stereocenters. The maximum Gasteiger partial charge on any atom is 0.240 e. The normalized spacial score (nSPS) is 25.3. The number of nitrogens with zero attached hydrogens (tertiary/aromatic N) is 1. The first-order chi connectivity index (χ1) is 14.9. The van der Waals surface area contributed by atoms with Crippen LogP contribution in [-0.2, 0) is 24.3 Å². The van der Waals surface area contributed by atoms with Crippen molar-refractivity contribution >= 4 is 27.5 Å². The molecule has 2 aliphatic rings. The Morgan fingerprint density at radius 3 is 2.58 bits per heavy atom. The predicted molar refractivity (Wildman–Crippen MR) is 115 cm³/mol. The van der Waals surface area contributed by atoms with E-state index in [1.807, 2.05) is 0 Å². The smallest absolute Gasteiger partial charge is 0.240 e. The summed E-state index contributed by atoms with van der Waals surface area (Å²) in [7, 11) is -3.75. The molecule has 3 rings (SSSR count). The number of aliphatic hydroxyl groups is 1. The maximum atomic E-state index is 12.6. The number of carbonyl (C=O) groups excluding carboxylic acids is 1. The van der Waals surface area contributed by atoms with Crippen LogP contribution in [0.25, 0.3) is 0 Å². The van der Waals surface area contributed by atoms with Gasteiger partial charge in [0.1, 0.15) is 0 Å². The van der Waals surface area contributed by atoms with Crippen LogP contribution in [0.5, 0.6) is 0 Å². The molecular weight excluding hydrogens is 446 g/mol. The molecule has 3 N–H and O–H groups in total. The molecule has 1 aromatic carbocycles. The average molecular weight is 476 g/mol. The molecule has 0 saturated carbocycles. The van der Waals surface area contributed by atoms with Crippen molar-refractivity contribution in [1.29, 1.82) is 0 Å². The average Bonchev–Trinajstić information content (AvgIpc) is 2.75. The lowest BCUT2D eigenvalue weighted by atomic mass is 9.98. The van der Waals surface area contributed by atoms with E-state index in [0.717, 1.165) is 13.1 Å². The highest BCUT2D eigenvalue weighted by Crippen LogP contribution is 2.23. The van der Waals surface area contributed by atoms with Gasteiger partial charge in [0.15, 0.2) is 0 Å². The van der Waals surface area contributed by atoms with Crippen molar-refractivity contribution in [3.8, 4) is 0 Å². The van der Waals surface area contributed by atoms with E-state index in [4.69, 9.17) is 21.1 Å². The predicted octanol–water partition coefficient (Wildman–Crippen LogP) is 0.365. The second-order valence-corrected chi connectivity index (χ2v) is 9.92. The number of halogens is 1. The minimum atomic E-state index is -3.75. The summed E-state index contributed by atoms with van der Waals surface area (Å²) < 4.78 is 39.0. The number of hydrogen-bond donors (Lipinski definition) is 3. The molecule has 2 fully saturated rings. The van der Waals surface area contributed by atoms with Gasteiger partial charge in [-0.05, 0) is 43.5 Å². The van der Waals surface area contributed by atoms with Gasteiger partial charge in [0.05, 0.1) is 49.5 Å². The van der Waals surface area contributed by atoms with Gasteiger partial charge in [-0.2, -0.15) is 0 Å². The summed E-state index contributed by atoms with van der Waals surface area (Å²) in [6.07, 6.45) is 0.956. The SMILES string of the molecule is O=C(CN1CCOCC1)NCC[C@@H]1CC[C@H](NS(=O)(=O)c2ccc(Cl)cc2)[C@@H](CO)O1. The van der Waals surface area contributed by atoms with Crippen LogP contribution in [0.15, 0.2) is 29.2 Å². The van der Waals surface area contributed by atoms with E-state index in [0.29, 0.717) is 50.6 Å². The van der Waals surface area contributed by atoms with Crippen LogP contribution in [0.2, 0.25) is 5.02 Å². The van der Waals surface area contributed by atoms with Crippen LogP contribution in [-0.4, -0.2) is 88.6 Å². The molecule has 11 heteroatoms. The number of amides is 1. The third-order valence-corrected chi connectivity index (χ3v) is 7.24. The van der Waals surface area contributed by atoms with Gasteiger partial charge in [-0.15, -0.1) is 0 Å². The monoisotopic (exact) mass is 475 g/mol. The molecule has 174 valence electrons. The number of hydrogen-bond acceptors (Lipinski definition) is 7. The molecule has 0 bridgehead atoms. The second-order valence-electron chi connectivity index (χ2n) is 7.77. The van der Waals surface area contributed by atoms with E-state index in [1.165, 1.54) is 24.3 Å². The lowest BCUT2D eigenvalue weighted by Crippen LogP contribution is -2.51. The quantitative estimate of drug-likeness (QED) is 0.472. The van der Waals surface area contributed by atoms with Gasteiger partial charge in [-0.3, -0.25) is 9.69 Å². The maximum absolute atomic E-state index is 12.6. The fraction of sp³-hybridized carbons (Fsp3) is 0.650. The second kappa shape index (κ2) is 11.6. The highest BCUT2D eigenvalue weighted by molar-refractivity contribution is 7.89. The largest absolute Gasteiger partial charge is 0.394 e. The number of nitrogens with one attached hydrogen (secondary N) is 2. The molecule has 9 nitrogen and oxygen atoms in total. The minimum Gasteiger partial charge on any atom is -0.394 e. The lowest BCUT2D eigenvalue weighted by Gasteiger charge is -2.36. The summed E-state index contributed by atoms with van der Waals surface area (Å²) in [4.78, 5) is 14.2. The van der Waals surface area contributed by atoms with E-state index in [9.17, 15) is 18.3 Å². The number of aliphatic hydroxyl groups excluding tert-OH is 1.